The van der Waals surface area contributed by atoms with Gasteiger partial charge in [-0.3, -0.25) is 19.3 Å². The molecule has 0 unspecified atom stereocenters. The number of sulfone groups is 1. The molecule has 10 heteroatoms. The monoisotopic (exact) mass is 453 g/mol. The quantitative estimate of drug-likeness (QED) is 0.583. The smallest absolute Gasteiger partial charge is 0.250 e. The zero-order chi connectivity index (χ0) is 22.3. The van der Waals surface area contributed by atoms with Crippen molar-refractivity contribution in [2.75, 3.05) is 5.32 Å². The number of aromatic nitrogens is 4. The fourth-order valence-electron chi connectivity index (χ4n) is 4.40. The van der Waals surface area contributed by atoms with Crippen molar-refractivity contribution in [3.05, 3.63) is 43.0 Å². The summed E-state index contributed by atoms with van der Waals surface area (Å²) in [6, 6.07) is 4.35. The molecule has 0 saturated heterocycles. The van der Waals surface area contributed by atoms with E-state index in [4.69, 9.17) is 0 Å². The number of Topliss-reactive ketones (excluding diaryl/α,β-unsaturated/α-hetero) is 1. The number of anilines is 1. The van der Waals surface area contributed by atoms with Crippen molar-refractivity contribution in [3.8, 4) is 0 Å². The fourth-order valence-corrected chi connectivity index (χ4v) is 6.25. The predicted molar refractivity (Wildman–Crippen MR) is 117 cm³/mol. The Morgan fingerprint density at radius 1 is 1.19 bits per heavy atom. The van der Waals surface area contributed by atoms with E-state index in [1.165, 1.54) is 24.8 Å². The van der Waals surface area contributed by atoms with Crippen LogP contribution in [0.25, 0.3) is 10.9 Å². The second-order valence-corrected chi connectivity index (χ2v) is 10.7. The summed E-state index contributed by atoms with van der Waals surface area (Å²) in [5, 5.41) is 7.40. The van der Waals surface area contributed by atoms with Gasteiger partial charge in [-0.15, -0.1) is 0 Å². The second kappa shape index (κ2) is 8.09. The van der Waals surface area contributed by atoms with E-state index in [9.17, 15) is 18.0 Å². The lowest BCUT2D eigenvalue weighted by Crippen LogP contribution is -2.29. The van der Waals surface area contributed by atoms with Gasteiger partial charge in [0.1, 0.15) is 11.8 Å². The van der Waals surface area contributed by atoms with Crippen molar-refractivity contribution in [2.24, 2.45) is 5.92 Å². The van der Waals surface area contributed by atoms with E-state index in [0.29, 0.717) is 48.8 Å². The molecule has 1 amide bonds. The molecule has 2 aliphatic carbocycles. The van der Waals surface area contributed by atoms with Gasteiger partial charge in [-0.1, -0.05) is 6.07 Å². The number of rotatable bonds is 7. The van der Waals surface area contributed by atoms with E-state index in [2.05, 4.69) is 20.4 Å². The summed E-state index contributed by atoms with van der Waals surface area (Å²) in [4.78, 5) is 33.4. The Bertz CT molecular complexity index is 1280. The Labute approximate surface area is 185 Å². The van der Waals surface area contributed by atoms with Crippen LogP contribution in [0.1, 0.15) is 44.6 Å². The van der Waals surface area contributed by atoms with Crippen molar-refractivity contribution < 1.29 is 18.0 Å². The van der Waals surface area contributed by atoms with E-state index in [-0.39, 0.29) is 27.8 Å². The summed E-state index contributed by atoms with van der Waals surface area (Å²) < 4.78 is 27.4. The number of hydrogen-bond donors (Lipinski definition) is 1. The van der Waals surface area contributed by atoms with Gasteiger partial charge in [0.15, 0.2) is 15.7 Å². The molecule has 2 fully saturated rings. The lowest BCUT2D eigenvalue weighted by Gasteiger charge is -2.21. The van der Waals surface area contributed by atoms with E-state index >= 15 is 0 Å². The highest BCUT2D eigenvalue weighted by Gasteiger charge is 2.38. The van der Waals surface area contributed by atoms with Crippen LogP contribution in [0.2, 0.25) is 0 Å². The number of amides is 1. The first-order valence-electron chi connectivity index (χ1n) is 10.7. The van der Waals surface area contributed by atoms with Gasteiger partial charge in [0.05, 0.1) is 28.1 Å². The van der Waals surface area contributed by atoms with Crippen molar-refractivity contribution in [1.29, 1.82) is 0 Å². The number of fused-ring (bicyclic) bond motifs is 1. The summed E-state index contributed by atoms with van der Waals surface area (Å²) >= 11 is 0. The zero-order valence-corrected chi connectivity index (χ0v) is 18.2. The Hall–Kier alpha value is -3.14. The minimum Gasteiger partial charge on any atom is -0.308 e. The van der Waals surface area contributed by atoms with E-state index < -0.39 is 15.9 Å². The molecule has 9 nitrogen and oxygen atoms in total. The molecule has 2 saturated carbocycles. The minimum atomic E-state index is -3.42. The van der Waals surface area contributed by atoms with Crippen LogP contribution in [-0.2, 0) is 19.4 Å². The van der Waals surface area contributed by atoms with Gasteiger partial charge in [-0.25, -0.2) is 13.4 Å². The lowest BCUT2D eigenvalue weighted by atomic mass is 9.97. The van der Waals surface area contributed by atoms with Crippen LogP contribution < -0.4 is 5.32 Å². The summed E-state index contributed by atoms with van der Waals surface area (Å²) in [6.45, 7) is 0. The number of benzene rings is 1. The molecular weight excluding hydrogens is 430 g/mol. The van der Waals surface area contributed by atoms with Gasteiger partial charge in [0.2, 0.25) is 5.91 Å². The van der Waals surface area contributed by atoms with Crippen molar-refractivity contribution >= 4 is 38.2 Å². The van der Waals surface area contributed by atoms with Gasteiger partial charge < -0.3 is 5.32 Å². The van der Waals surface area contributed by atoms with E-state index in [1.54, 1.807) is 22.9 Å². The molecule has 0 aliphatic heterocycles. The molecular formula is C22H23N5O4S. The average molecular weight is 454 g/mol. The third-order valence-corrected chi connectivity index (χ3v) is 8.51. The Morgan fingerprint density at radius 3 is 2.72 bits per heavy atom. The Kier molecular flexibility index (Phi) is 5.24. The van der Waals surface area contributed by atoms with Gasteiger partial charge in [0.25, 0.3) is 0 Å². The molecule has 166 valence electrons. The highest BCUT2D eigenvalue weighted by Crippen LogP contribution is 2.38. The minimum absolute atomic E-state index is 0.0673. The molecule has 3 aromatic rings. The van der Waals surface area contributed by atoms with Crippen LogP contribution in [0.4, 0.5) is 5.82 Å². The molecule has 0 bridgehead atoms. The van der Waals surface area contributed by atoms with Crippen molar-refractivity contribution in [3.63, 3.8) is 0 Å². The number of nitrogens with zero attached hydrogens (tertiary/aromatic N) is 4. The van der Waals surface area contributed by atoms with Gasteiger partial charge in [-0.05, 0) is 43.7 Å². The molecule has 32 heavy (non-hydrogen) atoms. The highest BCUT2D eigenvalue weighted by molar-refractivity contribution is 7.92. The molecule has 2 atom stereocenters. The molecule has 2 aromatic heterocycles. The first-order valence-corrected chi connectivity index (χ1v) is 12.3. The first kappa shape index (κ1) is 20.7. The number of hydrogen-bond acceptors (Lipinski definition) is 7. The standard InChI is InChI=1S/C22H23N5O4S/c28-15-5-4-14(10-15)11-19(22(29)26-21-13-23-8-9-24-21)27-18-2-1-3-20(17(18)12-25-27)32(30,31)16-6-7-16/h1-3,8-9,12-14,16,19H,4-7,10-11H2,(H,24,26,29)/t14-,19-/m0/s1. The van der Waals surface area contributed by atoms with Crippen LogP contribution in [0.15, 0.2) is 47.9 Å². The normalized spacial score (nSPS) is 19.9. The molecule has 0 radical (unpaired) electrons. The average Bonchev–Trinajstić information content (AvgIpc) is 3.45. The van der Waals surface area contributed by atoms with E-state index in [1.807, 2.05) is 0 Å². The van der Waals surface area contributed by atoms with Crippen LogP contribution in [0, 0.1) is 5.92 Å². The Morgan fingerprint density at radius 2 is 2.03 bits per heavy atom. The zero-order valence-electron chi connectivity index (χ0n) is 17.3. The molecule has 0 spiro atoms. The third kappa shape index (κ3) is 3.90. The second-order valence-electron chi connectivity index (χ2n) is 8.50. The Balaban J connectivity index is 1.53. The van der Waals surface area contributed by atoms with Crippen LogP contribution in [0.3, 0.4) is 0 Å². The molecule has 5 rings (SSSR count). The first-order chi connectivity index (χ1) is 15.4. The van der Waals surface area contributed by atoms with Crippen LogP contribution >= 0.6 is 0 Å². The highest BCUT2D eigenvalue weighted by atomic mass is 32.2. The summed E-state index contributed by atoms with van der Waals surface area (Å²) in [7, 11) is -3.42. The molecule has 2 heterocycles. The number of nitrogens with one attached hydrogen (secondary N) is 1. The largest absolute Gasteiger partial charge is 0.308 e. The van der Waals surface area contributed by atoms with Gasteiger partial charge in [-0.2, -0.15) is 5.10 Å². The maximum atomic E-state index is 13.3. The number of carbonyl (C=O) groups excluding carboxylic acids is 2. The topological polar surface area (TPSA) is 124 Å². The molecule has 1 N–H and O–H groups in total. The predicted octanol–water partition coefficient (Wildman–Crippen LogP) is 2.70. The molecule has 1 aromatic carbocycles. The third-order valence-electron chi connectivity index (χ3n) is 6.19. The van der Waals surface area contributed by atoms with Crippen LogP contribution in [0.5, 0.6) is 0 Å². The summed E-state index contributed by atoms with van der Waals surface area (Å²) in [5.74, 6) is 0.257. The lowest BCUT2D eigenvalue weighted by molar-refractivity contribution is -0.120. The summed E-state index contributed by atoms with van der Waals surface area (Å²) in [5.41, 5.74) is 0.579. The van der Waals surface area contributed by atoms with Crippen LogP contribution in [-0.4, -0.2) is 45.1 Å². The maximum absolute atomic E-state index is 13.3. The van der Waals surface area contributed by atoms with Gasteiger partial charge >= 0.3 is 0 Å². The van der Waals surface area contributed by atoms with E-state index in [0.717, 1.165) is 6.42 Å². The number of ketones is 1. The maximum Gasteiger partial charge on any atom is 0.250 e. The molecule has 2 aliphatic rings. The van der Waals surface area contributed by atoms with Gasteiger partial charge in [0, 0.05) is 30.6 Å². The summed E-state index contributed by atoms with van der Waals surface area (Å²) in [6.07, 6.45) is 9.43. The number of carbonyl (C=O) groups is 2. The van der Waals surface area contributed by atoms with Crippen molar-refractivity contribution in [2.45, 2.75) is 54.7 Å². The fraction of sp³-hybridized carbons (Fsp3) is 0.409. The SMILES string of the molecule is O=C1CC[C@H](C[C@@H](C(=O)Nc2cnccn2)n2ncc3c(S(=O)(=O)C4CC4)cccc32)C1. The van der Waals surface area contributed by atoms with Crippen molar-refractivity contribution in [1.82, 2.24) is 19.7 Å².